The van der Waals surface area contributed by atoms with Crippen LogP contribution in [-0.4, -0.2) is 25.0 Å². The molecule has 1 N–H and O–H groups in total. The van der Waals surface area contributed by atoms with E-state index in [1.807, 2.05) is 25.1 Å². The van der Waals surface area contributed by atoms with Crippen molar-refractivity contribution >= 4 is 22.8 Å². The van der Waals surface area contributed by atoms with Crippen LogP contribution in [0.5, 0.6) is 0 Å². The largest absolute Gasteiger partial charge is 0.464 e. The minimum atomic E-state index is -0.431. The zero-order valence-electron chi connectivity index (χ0n) is 14.4. The third-order valence-electron chi connectivity index (χ3n) is 3.86. The van der Waals surface area contributed by atoms with Crippen LogP contribution in [0.25, 0.3) is 11.0 Å². The number of esters is 1. The molecule has 0 saturated carbocycles. The Morgan fingerprint density at radius 3 is 2.83 bits per heavy atom. The zero-order valence-corrected chi connectivity index (χ0v) is 14.4. The van der Waals surface area contributed by atoms with Crippen molar-refractivity contribution in [3.05, 3.63) is 35.6 Å². The highest BCUT2D eigenvalue weighted by molar-refractivity contribution is 5.87. The minimum absolute atomic E-state index is 0.0971. The second-order valence-corrected chi connectivity index (χ2v) is 6.01. The standard InChI is InChI=1S/C19H25NO4/c1-3-4-5-6-9-20-18(21)13-24-19(22)11-15-12-23-17-10-14(2)7-8-16(15)17/h7-8,10,12H,3-6,9,11,13H2,1-2H3,(H,20,21). The number of rotatable bonds is 9. The first-order valence-electron chi connectivity index (χ1n) is 8.49. The predicted octanol–water partition coefficient (Wildman–Crippen LogP) is 3.52. The first-order chi connectivity index (χ1) is 11.6. The number of nitrogens with one attached hydrogen (secondary N) is 1. The predicted molar refractivity (Wildman–Crippen MR) is 92.8 cm³/mol. The summed E-state index contributed by atoms with van der Waals surface area (Å²) in [5.74, 6) is -0.688. The monoisotopic (exact) mass is 331 g/mol. The van der Waals surface area contributed by atoms with Crippen molar-refractivity contribution in [1.82, 2.24) is 5.32 Å². The highest BCUT2D eigenvalue weighted by atomic mass is 16.5. The van der Waals surface area contributed by atoms with E-state index in [9.17, 15) is 9.59 Å². The van der Waals surface area contributed by atoms with Gasteiger partial charge in [0.15, 0.2) is 6.61 Å². The van der Waals surface area contributed by atoms with Crippen LogP contribution in [0.15, 0.2) is 28.9 Å². The summed E-state index contributed by atoms with van der Waals surface area (Å²) in [6.07, 6.45) is 6.05. The van der Waals surface area contributed by atoms with Crippen LogP contribution in [0.4, 0.5) is 0 Å². The number of amides is 1. The summed E-state index contributed by atoms with van der Waals surface area (Å²) in [7, 11) is 0. The third kappa shape index (κ3) is 5.41. The molecule has 1 aromatic heterocycles. The summed E-state index contributed by atoms with van der Waals surface area (Å²) in [5, 5.41) is 3.66. The number of ether oxygens (including phenoxy) is 1. The van der Waals surface area contributed by atoms with Gasteiger partial charge in [-0.25, -0.2) is 0 Å². The van der Waals surface area contributed by atoms with Gasteiger partial charge in [-0.1, -0.05) is 38.3 Å². The molecule has 0 fully saturated rings. The normalized spacial score (nSPS) is 10.8. The Bertz CT molecular complexity index is 690. The smallest absolute Gasteiger partial charge is 0.310 e. The van der Waals surface area contributed by atoms with Crippen molar-refractivity contribution in [3.8, 4) is 0 Å². The van der Waals surface area contributed by atoms with Gasteiger partial charge < -0.3 is 14.5 Å². The lowest BCUT2D eigenvalue weighted by molar-refractivity contribution is -0.147. The average Bonchev–Trinajstić information content (AvgIpc) is 2.94. The van der Waals surface area contributed by atoms with Crippen LogP contribution in [0, 0.1) is 6.92 Å². The highest BCUT2D eigenvalue weighted by Gasteiger charge is 2.13. The highest BCUT2D eigenvalue weighted by Crippen LogP contribution is 2.22. The van der Waals surface area contributed by atoms with E-state index in [0.29, 0.717) is 6.54 Å². The maximum absolute atomic E-state index is 11.9. The number of unbranched alkanes of at least 4 members (excludes halogenated alkanes) is 3. The molecule has 0 saturated heterocycles. The molecule has 5 nitrogen and oxygen atoms in total. The zero-order chi connectivity index (χ0) is 17.4. The van der Waals surface area contributed by atoms with E-state index in [4.69, 9.17) is 9.15 Å². The van der Waals surface area contributed by atoms with E-state index in [2.05, 4.69) is 12.2 Å². The van der Waals surface area contributed by atoms with Gasteiger partial charge in [-0.15, -0.1) is 0 Å². The molecule has 1 amide bonds. The van der Waals surface area contributed by atoms with E-state index in [-0.39, 0.29) is 18.9 Å². The van der Waals surface area contributed by atoms with E-state index < -0.39 is 5.97 Å². The topological polar surface area (TPSA) is 68.5 Å². The molecule has 0 radical (unpaired) electrons. The van der Waals surface area contributed by atoms with Gasteiger partial charge in [-0.3, -0.25) is 9.59 Å². The van der Waals surface area contributed by atoms with Crippen LogP contribution in [0.2, 0.25) is 0 Å². The quantitative estimate of drug-likeness (QED) is 0.564. The summed E-state index contributed by atoms with van der Waals surface area (Å²) < 4.78 is 10.5. The summed E-state index contributed by atoms with van der Waals surface area (Å²) in [6, 6.07) is 5.83. The van der Waals surface area contributed by atoms with Gasteiger partial charge in [0.2, 0.25) is 0 Å². The SMILES string of the molecule is CCCCCCNC(=O)COC(=O)Cc1coc2cc(C)ccc12. The molecule has 0 aliphatic rings. The molecule has 0 aliphatic heterocycles. The average molecular weight is 331 g/mol. The Balaban J connectivity index is 1.73. The van der Waals surface area contributed by atoms with Crippen molar-refractivity contribution in [3.63, 3.8) is 0 Å². The Kier molecular flexibility index (Phi) is 6.85. The maximum atomic E-state index is 11.9. The molecular formula is C19H25NO4. The summed E-state index contributed by atoms with van der Waals surface area (Å²) in [6.45, 7) is 4.52. The lowest BCUT2D eigenvalue weighted by Crippen LogP contribution is -2.29. The molecule has 130 valence electrons. The third-order valence-corrected chi connectivity index (χ3v) is 3.86. The van der Waals surface area contributed by atoms with E-state index >= 15 is 0 Å². The number of fused-ring (bicyclic) bond motifs is 1. The number of aryl methyl sites for hydroxylation is 1. The minimum Gasteiger partial charge on any atom is -0.464 e. The Labute approximate surface area is 142 Å². The molecule has 0 atom stereocenters. The molecule has 1 heterocycles. The second kappa shape index (κ2) is 9.11. The Morgan fingerprint density at radius 2 is 2.04 bits per heavy atom. The van der Waals surface area contributed by atoms with E-state index in [1.54, 1.807) is 6.26 Å². The Morgan fingerprint density at radius 1 is 1.21 bits per heavy atom. The van der Waals surface area contributed by atoms with E-state index in [1.165, 1.54) is 6.42 Å². The van der Waals surface area contributed by atoms with Crippen molar-refractivity contribution in [2.75, 3.05) is 13.2 Å². The summed E-state index contributed by atoms with van der Waals surface area (Å²) in [5.41, 5.74) is 2.62. The van der Waals surface area contributed by atoms with E-state index in [0.717, 1.165) is 41.4 Å². The summed E-state index contributed by atoms with van der Waals surface area (Å²) in [4.78, 5) is 23.5. The molecule has 0 spiro atoms. The molecule has 0 aliphatic carbocycles. The second-order valence-electron chi connectivity index (χ2n) is 6.01. The molecule has 0 unspecified atom stereocenters. The fraction of sp³-hybridized carbons (Fsp3) is 0.474. The number of hydrogen-bond donors (Lipinski definition) is 1. The van der Waals surface area contributed by atoms with Crippen LogP contribution in [0.1, 0.15) is 43.7 Å². The Hall–Kier alpha value is -2.30. The van der Waals surface area contributed by atoms with Crippen LogP contribution >= 0.6 is 0 Å². The van der Waals surface area contributed by atoms with Gasteiger partial charge in [-0.2, -0.15) is 0 Å². The molecular weight excluding hydrogens is 306 g/mol. The maximum Gasteiger partial charge on any atom is 0.310 e. The number of hydrogen-bond acceptors (Lipinski definition) is 4. The van der Waals surface area contributed by atoms with Crippen molar-refractivity contribution in [2.45, 2.75) is 46.0 Å². The molecule has 5 heteroatoms. The van der Waals surface area contributed by atoms with Crippen LogP contribution in [-0.2, 0) is 20.7 Å². The molecule has 2 rings (SSSR count). The number of carbonyl (C=O) groups excluding carboxylic acids is 2. The van der Waals surface area contributed by atoms with Gasteiger partial charge in [0.25, 0.3) is 5.91 Å². The fourth-order valence-corrected chi connectivity index (χ4v) is 2.51. The van der Waals surface area contributed by atoms with Crippen LogP contribution in [0.3, 0.4) is 0 Å². The van der Waals surface area contributed by atoms with Gasteiger partial charge in [0.1, 0.15) is 5.58 Å². The lowest BCUT2D eigenvalue weighted by Gasteiger charge is -2.06. The lowest BCUT2D eigenvalue weighted by atomic mass is 10.1. The molecule has 1 aromatic carbocycles. The number of benzene rings is 1. The number of furan rings is 1. The summed E-state index contributed by atoms with van der Waals surface area (Å²) >= 11 is 0. The first kappa shape index (κ1) is 18.0. The van der Waals surface area contributed by atoms with Gasteiger partial charge in [-0.05, 0) is 25.0 Å². The molecule has 0 bridgehead atoms. The van der Waals surface area contributed by atoms with Crippen molar-refractivity contribution in [1.29, 1.82) is 0 Å². The molecule has 2 aromatic rings. The fourth-order valence-electron chi connectivity index (χ4n) is 2.51. The first-order valence-corrected chi connectivity index (χ1v) is 8.49. The van der Waals surface area contributed by atoms with Crippen molar-refractivity contribution in [2.24, 2.45) is 0 Å². The molecule has 24 heavy (non-hydrogen) atoms. The number of carbonyl (C=O) groups is 2. The van der Waals surface area contributed by atoms with Crippen molar-refractivity contribution < 1.29 is 18.7 Å². The van der Waals surface area contributed by atoms with Crippen LogP contribution < -0.4 is 5.32 Å². The van der Waals surface area contributed by atoms with Gasteiger partial charge in [0, 0.05) is 17.5 Å². The van der Waals surface area contributed by atoms with Gasteiger partial charge >= 0.3 is 5.97 Å². The van der Waals surface area contributed by atoms with Gasteiger partial charge in [0.05, 0.1) is 12.7 Å².